The fourth-order valence-corrected chi connectivity index (χ4v) is 1.51. The Kier molecular flexibility index (Phi) is 5.39. The molecule has 0 aromatic heterocycles. The minimum Gasteiger partial charge on any atom is -0.469 e. The summed E-state index contributed by atoms with van der Waals surface area (Å²) in [5, 5.41) is 0.490. The van der Waals surface area contributed by atoms with Crippen LogP contribution in [0.25, 0.3) is 6.08 Å². The molecule has 4 nitrogen and oxygen atoms in total. The second kappa shape index (κ2) is 6.81. The number of halogens is 1. The molecule has 1 rings (SSSR count). The first-order valence-electron chi connectivity index (χ1n) is 5.18. The highest BCUT2D eigenvalue weighted by Gasteiger charge is 2.15. The number of rotatable bonds is 4. The van der Waals surface area contributed by atoms with Crippen LogP contribution in [0.1, 0.15) is 12.0 Å². The molecule has 0 fully saturated rings. The molecule has 0 unspecified atom stereocenters. The van der Waals surface area contributed by atoms with E-state index >= 15 is 0 Å². The molecule has 1 aromatic carbocycles. The molecule has 0 saturated carbocycles. The van der Waals surface area contributed by atoms with Crippen LogP contribution in [0.4, 0.5) is 0 Å². The van der Waals surface area contributed by atoms with E-state index < -0.39 is 11.9 Å². The number of carbonyl (C=O) groups is 2. The molecule has 0 atom stereocenters. The standard InChI is InChI=1S/C13H13ClO4/c1-17-12(15)8-10(13(16)18-2)7-9-5-3-4-6-11(9)14/h3-7H,8H2,1-2H3. The zero-order chi connectivity index (χ0) is 13.5. The zero-order valence-electron chi connectivity index (χ0n) is 10.1. The minimum absolute atomic E-state index is 0.158. The molecule has 0 bridgehead atoms. The maximum absolute atomic E-state index is 11.5. The summed E-state index contributed by atoms with van der Waals surface area (Å²) in [5.41, 5.74) is 0.834. The fraction of sp³-hybridized carbons (Fsp3) is 0.231. The van der Waals surface area contributed by atoms with E-state index in [0.717, 1.165) is 0 Å². The summed E-state index contributed by atoms with van der Waals surface area (Å²) in [6.45, 7) is 0. The molecule has 18 heavy (non-hydrogen) atoms. The number of hydrogen-bond donors (Lipinski definition) is 0. The normalized spacial score (nSPS) is 10.9. The van der Waals surface area contributed by atoms with Crippen molar-refractivity contribution in [2.75, 3.05) is 14.2 Å². The minimum atomic E-state index is -0.583. The molecule has 0 spiro atoms. The number of methoxy groups -OCH3 is 2. The van der Waals surface area contributed by atoms with Gasteiger partial charge in [-0.05, 0) is 17.7 Å². The van der Waals surface area contributed by atoms with Gasteiger partial charge in [-0.3, -0.25) is 4.79 Å². The average Bonchev–Trinajstić information content (AvgIpc) is 2.39. The van der Waals surface area contributed by atoms with Crippen LogP contribution in [-0.2, 0) is 19.1 Å². The van der Waals surface area contributed by atoms with Crippen LogP contribution in [0, 0.1) is 0 Å². The van der Waals surface area contributed by atoms with Crippen molar-refractivity contribution in [3.05, 3.63) is 40.4 Å². The fourth-order valence-electron chi connectivity index (χ4n) is 1.32. The molecular weight excluding hydrogens is 256 g/mol. The van der Waals surface area contributed by atoms with Crippen LogP contribution in [-0.4, -0.2) is 26.2 Å². The Morgan fingerprint density at radius 3 is 2.44 bits per heavy atom. The van der Waals surface area contributed by atoms with Gasteiger partial charge in [-0.1, -0.05) is 29.8 Å². The maximum atomic E-state index is 11.5. The molecule has 0 radical (unpaired) electrons. The molecule has 0 heterocycles. The first-order chi connectivity index (χ1) is 8.58. The van der Waals surface area contributed by atoms with E-state index in [2.05, 4.69) is 9.47 Å². The summed E-state index contributed by atoms with van der Waals surface area (Å²) in [7, 11) is 2.51. The molecule has 0 N–H and O–H groups in total. The number of carbonyl (C=O) groups excluding carboxylic acids is 2. The van der Waals surface area contributed by atoms with E-state index in [4.69, 9.17) is 11.6 Å². The maximum Gasteiger partial charge on any atom is 0.334 e. The van der Waals surface area contributed by atoms with Crippen molar-refractivity contribution in [2.45, 2.75) is 6.42 Å². The summed E-state index contributed by atoms with van der Waals surface area (Å²) >= 11 is 5.97. The molecule has 0 aliphatic rings. The average molecular weight is 269 g/mol. The van der Waals surface area contributed by atoms with Crippen LogP contribution >= 0.6 is 11.6 Å². The summed E-state index contributed by atoms with van der Waals surface area (Å²) in [5.74, 6) is -1.10. The third kappa shape index (κ3) is 3.89. The van der Waals surface area contributed by atoms with Crippen LogP contribution in [0.15, 0.2) is 29.8 Å². The van der Waals surface area contributed by atoms with Gasteiger partial charge in [0.25, 0.3) is 0 Å². The third-order valence-electron chi connectivity index (χ3n) is 2.24. The van der Waals surface area contributed by atoms with Gasteiger partial charge in [0.2, 0.25) is 0 Å². The molecule has 0 saturated heterocycles. The Hall–Kier alpha value is -1.81. The van der Waals surface area contributed by atoms with Gasteiger partial charge in [-0.15, -0.1) is 0 Å². The Bertz CT molecular complexity index is 480. The lowest BCUT2D eigenvalue weighted by molar-refractivity contribution is -0.143. The Balaban J connectivity index is 3.06. The van der Waals surface area contributed by atoms with E-state index in [1.165, 1.54) is 20.3 Å². The summed E-state index contributed by atoms with van der Waals surface area (Å²) in [4.78, 5) is 22.8. The van der Waals surface area contributed by atoms with Gasteiger partial charge < -0.3 is 9.47 Å². The Labute approximate surface area is 110 Å². The van der Waals surface area contributed by atoms with Crippen LogP contribution in [0.5, 0.6) is 0 Å². The molecule has 1 aromatic rings. The van der Waals surface area contributed by atoms with Crippen LogP contribution < -0.4 is 0 Å². The van der Waals surface area contributed by atoms with Crippen molar-refractivity contribution < 1.29 is 19.1 Å². The van der Waals surface area contributed by atoms with Crippen molar-refractivity contribution >= 4 is 29.6 Å². The highest BCUT2D eigenvalue weighted by Crippen LogP contribution is 2.20. The van der Waals surface area contributed by atoms with Gasteiger partial charge in [0.15, 0.2) is 0 Å². The monoisotopic (exact) mass is 268 g/mol. The molecular formula is C13H13ClO4. The number of benzene rings is 1. The Morgan fingerprint density at radius 1 is 1.22 bits per heavy atom. The highest BCUT2D eigenvalue weighted by molar-refractivity contribution is 6.32. The lowest BCUT2D eigenvalue weighted by Crippen LogP contribution is -2.11. The quantitative estimate of drug-likeness (QED) is 0.622. The zero-order valence-corrected chi connectivity index (χ0v) is 10.9. The van der Waals surface area contributed by atoms with E-state index in [1.807, 2.05) is 0 Å². The van der Waals surface area contributed by atoms with Gasteiger partial charge in [0.1, 0.15) is 0 Å². The van der Waals surface area contributed by atoms with Crippen molar-refractivity contribution in [2.24, 2.45) is 0 Å². The lowest BCUT2D eigenvalue weighted by Gasteiger charge is -2.05. The first-order valence-corrected chi connectivity index (χ1v) is 5.56. The van der Waals surface area contributed by atoms with Gasteiger partial charge in [-0.2, -0.15) is 0 Å². The Morgan fingerprint density at radius 2 is 1.89 bits per heavy atom. The van der Waals surface area contributed by atoms with Crippen molar-refractivity contribution in [1.82, 2.24) is 0 Å². The number of esters is 2. The predicted molar refractivity (Wildman–Crippen MR) is 68.1 cm³/mol. The first kappa shape index (κ1) is 14.3. The number of hydrogen-bond acceptors (Lipinski definition) is 4. The number of ether oxygens (including phenoxy) is 2. The topological polar surface area (TPSA) is 52.6 Å². The van der Waals surface area contributed by atoms with Crippen molar-refractivity contribution in [3.8, 4) is 0 Å². The SMILES string of the molecule is COC(=O)CC(=Cc1ccccc1Cl)C(=O)OC. The summed E-state index contributed by atoms with van der Waals surface area (Å²) < 4.78 is 9.13. The lowest BCUT2D eigenvalue weighted by atomic mass is 10.1. The summed E-state index contributed by atoms with van der Waals surface area (Å²) in [6, 6.07) is 6.99. The van der Waals surface area contributed by atoms with E-state index in [0.29, 0.717) is 10.6 Å². The smallest absolute Gasteiger partial charge is 0.334 e. The molecule has 5 heteroatoms. The van der Waals surface area contributed by atoms with E-state index in [9.17, 15) is 9.59 Å². The van der Waals surface area contributed by atoms with Crippen LogP contribution in [0.2, 0.25) is 5.02 Å². The van der Waals surface area contributed by atoms with E-state index in [-0.39, 0.29) is 12.0 Å². The van der Waals surface area contributed by atoms with Crippen LogP contribution in [0.3, 0.4) is 0 Å². The second-order valence-electron chi connectivity index (χ2n) is 3.44. The second-order valence-corrected chi connectivity index (χ2v) is 3.84. The van der Waals surface area contributed by atoms with Crippen molar-refractivity contribution in [1.29, 1.82) is 0 Å². The third-order valence-corrected chi connectivity index (χ3v) is 2.59. The van der Waals surface area contributed by atoms with E-state index in [1.54, 1.807) is 24.3 Å². The van der Waals surface area contributed by atoms with Gasteiger partial charge in [0.05, 0.1) is 20.6 Å². The summed E-state index contributed by atoms with van der Waals surface area (Å²) in [6.07, 6.45) is 1.36. The predicted octanol–water partition coefficient (Wildman–Crippen LogP) is 2.46. The molecule has 0 amide bonds. The van der Waals surface area contributed by atoms with Gasteiger partial charge >= 0.3 is 11.9 Å². The largest absolute Gasteiger partial charge is 0.469 e. The molecule has 0 aliphatic carbocycles. The van der Waals surface area contributed by atoms with Gasteiger partial charge in [0, 0.05) is 10.6 Å². The highest BCUT2D eigenvalue weighted by atomic mass is 35.5. The molecule has 96 valence electrons. The van der Waals surface area contributed by atoms with Gasteiger partial charge in [-0.25, -0.2) is 4.79 Å². The van der Waals surface area contributed by atoms with Crippen molar-refractivity contribution in [3.63, 3.8) is 0 Å². The molecule has 0 aliphatic heterocycles.